The Morgan fingerprint density at radius 1 is 1.21 bits per heavy atom. The van der Waals surface area contributed by atoms with E-state index in [0.29, 0.717) is 41.6 Å². The van der Waals surface area contributed by atoms with Gasteiger partial charge in [0, 0.05) is 24.2 Å². The highest BCUT2D eigenvalue weighted by Gasteiger charge is 2.62. The first-order valence-corrected chi connectivity index (χ1v) is 13.0. The van der Waals surface area contributed by atoms with Crippen molar-refractivity contribution in [2.24, 2.45) is 34.5 Å². The fourth-order valence-electron chi connectivity index (χ4n) is 7.19. The zero-order valence-corrected chi connectivity index (χ0v) is 20.9. The minimum atomic E-state index is -1.84. The summed E-state index contributed by atoms with van der Waals surface area (Å²) in [5, 5.41) is 0. The number of methoxy groups -OCH3 is 1. The van der Waals surface area contributed by atoms with Crippen LogP contribution in [0.25, 0.3) is 0 Å². The number of Topliss-reactive ketones (excluding diaryl/α,β-unsaturated/α-hetero) is 1. The van der Waals surface area contributed by atoms with Crippen LogP contribution in [0, 0.1) is 34.5 Å². The maximum absolute atomic E-state index is 13.0. The molecule has 0 aromatic rings. The molecule has 6 atom stereocenters. The SMILES string of the molecule is COC1=CC2=CC[C@H]3[C@@H]4[C@H](C[S+](C)(C)=O)CC(=O)[C@@]4(C)CC[C@@H]3[C@@]2(C)CC1.[I-]. The normalized spacial score (nSPS) is 42.4. The van der Waals surface area contributed by atoms with Crippen LogP contribution in [-0.2, 0) is 23.7 Å². The van der Waals surface area contributed by atoms with Gasteiger partial charge in [0.15, 0.2) is 0 Å². The van der Waals surface area contributed by atoms with Crippen LogP contribution in [0.2, 0.25) is 0 Å². The van der Waals surface area contributed by atoms with E-state index in [1.807, 2.05) is 12.5 Å². The number of carbonyl (C=O) groups is 1. The van der Waals surface area contributed by atoms with Crippen molar-refractivity contribution in [3.05, 3.63) is 23.5 Å². The van der Waals surface area contributed by atoms with Gasteiger partial charge in [0.05, 0.1) is 22.8 Å². The number of ether oxygens (including phenoxy) is 1. The third-order valence-corrected chi connectivity index (χ3v) is 9.68. The van der Waals surface area contributed by atoms with Crippen LogP contribution in [0.1, 0.15) is 52.4 Å². The van der Waals surface area contributed by atoms with E-state index in [1.165, 1.54) is 5.57 Å². The number of allylic oxidation sites excluding steroid dienone is 4. The average molecular weight is 519 g/mol. The first kappa shape index (κ1) is 22.5. The van der Waals surface area contributed by atoms with Crippen molar-refractivity contribution in [3.8, 4) is 0 Å². The number of ketones is 1. The van der Waals surface area contributed by atoms with E-state index < -0.39 is 9.93 Å². The van der Waals surface area contributed by atoms with Gasteiger partial charge in [0.1, 0.15) is 24.0 Å². The van der Waals surface area contributed by atoms with Crippen molar-refractivity contribution in [2.45, 2.75) is 52.4 Å². The van der Waals surface area contributed by atoms with E-state index in [9.17, 15) is 9.00 Å². The minimum absolute atomic E-state index is 0. The van der Waals surface area contributed by atoms with Crippen molar-refractivity contribution >= 4 is 15.7 Å². The molecule has 0 heterocycles. The standard InChI is InChI=1S/C23H35O3S.HI/c1-22-10-8-17(26-3)13-16(22)6-7-18-19(22)9-11-23(2)20(24)12-15(21(18)23)14-27(4,5)25;/h6,13,15,18-19,21H,7-12,14H2,1-5H3;1H/q+1;/p-1/t15-,18+,19-,21-,22-,23+;/m0./s1. The summed E-state index contributed by atoms with van der Waals surface area (Å²) in [6.45, 7) is 4.66. The van der Waals surface area contributed by atoms with Crippen molar-refractivity contribution in [1.29, 1.82) is 0 Å². The Balaban J connectivity index is 0.00000225. The Labute approximate surface area is 188 Å². The topological polar surface area (TPSA) is 43.4 Å². The highest BCUT2D eigenvalue weighted by molar-refractivity contribution is 8.01. The monoisotopic (exact) mass is 518 g/mol. The summed E-state index contributed by atoms with van der Waals surface area (Å²) in [7, 11) is -0.0667. The lowest BCUT2D eigenvalue weighted by Crippen LogP contribution is -3.00. The molecule has 3 nitrogen and oxygen atoms in total. The van der Waals surface area contributed by atoms with Crippen LogP contribution < -0.4 is 24.0 Å². The number of fused-ring (bicyclic) bond motifs is 5. The highest BCUT2D eigenvalue weighted by atomic mass is 127. The third kappa shape index (κ3) is 3.46. The zero-order chi connectivity index (χ0) is 19.6. The molecule has 4 rings (SSSR count). The quantitative estimate of drug-likeness (QED) is 0.422. The van der Waals surface area contributed by atoms with E-state index in [-0.39, 0.29) is 34.8 Å². The molecule has 2 fully saturated rings. The summed E-state index contributed by atoms with van der Waals surface area (Å²) in [5.41, 5.74) is 1.45. The number of rotatable bonds is 3. The lowest BCUT2D eigenvalue weighted by molar-refractivity contribution is -0.131. The second kappa shape index (κ2) is 7.51. The van der Waals surface area contributed by atoms with Gasteiger partial charge < -0.3 is 28.7 Å². The molecule has 0 aliphatic heterocycles. The summed E-state index contributed by atoms with van der Waals surface area (Å²) >= 11 is 0. The van der Waals surface area contributed by atoms with Crippen molar-refractivity contribution in [2.75, 3.05) is 25.4 Å². The molecule has 5 heteroatoms. The van der Waals surface area contributed by atoms with E-state index >= 15 is 0 Å². The van der Waals surface area contributed by atoms with Crippen LogP contribution in [0.4, 0.5) is 0 Å². The lowest BCUT2D eigenvalue weighted by Gasteiger charge is -2.56. The number of hydrogen-bond donors (Lipinski definition) is 0. The molecule has 0 aromatic heterocycles. The predicted octanol–water partition coefficient (Wildman–Crippen LogP) is 1.65. The van der Waals surface area contributed by atoms with Gasteiger partial charge in [-0.1, -0.05) is 19.9 Å². The number of halogens is 1. The molecule has 28 heavy (non-hydrogen) atoms. The van der Waals surface area contributed by atoms with Gasteiger partial charge in [-0.3, -0.25) is 4.79 Å². The summed E-state index contributed by atoms with van der Waals surface area (Å²) in [6.07, 6.45) is 14.4. The maximum atomic E-state index is 13.0. The van der Waals surface area contributed by atoms with Crippen molar-refractivity contribution < 1.29 is 37.7 Å². The van der Waals surface area contributed by atoms with Crippen LogP contribution in [-0.4, -0.2) is 31.2 Å². The Bertz CT molecular complexity index is 766. The largest absolute Gasteiger partial charge is 1.00 e. The zero-order valence-electron chi connectivity index (χ0n) is 17.9. The van der Waals surface area contributed by atoms with Gasteiger partial charge in [-0.25, -0.2) is 0 Å². The lowest BCUT2D eigenvalue weighted by atomic mass is 9.48. The molecular weight excluding hydrogens is 483 g/mol. The van der Waals surface area contributed by atoms with E-state index in [2.05, 4.69) is 26.0 Å². The second-order valence-corrected chi connectivity index (χ2v) is 13.6. The van der Waals surface area contributed by atoms with Crippen molar-refractivity contribution in [3.63, 3.8) is 0 Å². The van der Waals surface area contributed by atoms with Gasteiger partial charge in [-0.15, -0.1) is 4.21 Å². The molecule has 0 saturated heterocycles. The molecule has 2 saturated carbocycles. The van der Waals surface area contributed by atoms with Gasteiger partial charge in [0.2, 0.25) is 0 Å². The molecular formula is C23H35IO3S. The Morgan fingerprint density at radius 3 is 2.57 bits per heavy atom. The highest BCUT2D eigenvalue weighted by Crippen LogP contribution is 2.65. The van der Waals surface area contributed by atoms with Crippen LogP contribution >= 0.6 is 0 Å². The number of carbonyl (C=O) groups excluding carboxylic acids is 1. The first-order valence-electron chi connectivity index (χ1n) is 10.5. The van der Waals surface area contributed by atoms with Gasteiger partial charge in [-0.05, 0) is 60.5 Å². The third-order valence-electron chi connectivity index (χ3n) is 8.45. The molecule has 0 spiro atoms. The van der Waals surface area contributed by atoms with Gasteiger partial charge >= 0.3 is 0 Å². The smallest absolute Gasteiger partial charge is 0.139 e. The molecule has 0 aromatic carbocycles. The molecule has 0 N–H and O–H groups in total. The average Bonchev–Trinajstić information content (AvgIpc) is 2.83. The van der Waals surface area contributed by atoms with Gasteiger partial charge in [0.25, 0.3) is 0 Å². The molecule has 0 radical (unpaired) electrons. The molecule has 0 amide bonds. The van der Waals surface area contributed by atoms with Gasteiger partial charge in [-0.2, -0.15) is 0 Å². The molecule has 4 aliphatic carbocycles. The summed E-state index contributed by atoms with van der Waals surface area (Å²) in [4.78, 5) is 13.0. The van der Waals surface area contributed by atoms with E-state index in [1.54, 1.807) is 7.11 Å². The van der Waals surface area contributed by atoms with E-state index in [0.717, 1.165) is 37.9 Å². The first-order chi connectivity index (χ1) is 12.6. The second-order valence-electron chi connectivity index (χ2n) is 10.4. The van der Waals surface area contributed by atoms with Crippen LogP contribution in [0.3, 0.4) is 0 Å². The predicted molar refractivity (Wildman–Crippen MR) is 111 cm³/mol. The summed E-state index contributed by atoms with van der Waals surface area (Å²) < 4.78 is 18.1. The molecule has 0 bridgehead atoms. The Morgan fingerprint density at radius 2 is 1.93 bits per heavy atom. The maximum Gasteiger partial charge on any atom is 0.139 e. The Hall–Kier alpha value is -0.170. The molecule has 0 unspecified atom stereocenters. The summed E-state index contributed by atoms with van der Waals surface area (Å²) in [5.74, 6) is 4.12. The molecule has 158 valence electrons. The summed E-state index contributed by atoms with van der Waals surface area (Å²) in [6, 6.07) is 0. The van der Waals surface area contributed by atoms with Crippen LogP contribution in [0.5, 0.6) is 0 Å². The van der Waals surface area contributed by atoms with E-state index in [4.69, 9.17) is 4.74 Å². The number of hydrogen-bond acceptors (Lipinski definition) is 3. The Kier molecular flexibility index (Phi) is 6.04. The minimum Gasteiger partial charge on any atom is -1.00 e. The fourth-order valence-corrected chi connectivity index (χ4v) is 8.54. The van der Waals surface area contributed by atoms with Crippen LogP contribution in [0.15, 0.2) is 23.5 Å². The fraction of sp³-hybridized carbons (Fsp3) is 0.783. The van der Waals surface area contributed by atoms with Crippen molar-refractivity contribution in [1.82, 2.24) is 0 Å². The molecule has 4 aliphatic rings.